The first-order valence-electron chi connectivity index (χ1n) is 4.99. The largest absolute Gasteiger partial charge is 0.352 e. The molecule has 1 aromatic carbocycles. The van der Waals surface area contributed by atoms with Crippen molar-refractivity contribution in [1.82, 2.24) is 5.32 Å². The van der Waals surface area contributed by atoms with Crippen LogP contribution in [0.25, 0.3) is 0 Å². The Morgan fingerprint density at radius 1 is 1.62 bits per heavy atom. The molecule has 0 saturated heterocycles. The van der Waals surface area contributed by atoms with Crippen molar-refractivity contribution in [3.8, 4) is 0 Å². The summed E-state index contributed by atoms with van der Waals surface area (Å²) in [7, 11) is 0. The third kappa shape index (κ3) is 3.79. The van der Waals surface area contributed by atoms with Gasteiger partial charge in [-0.25, -0.2) is 4.39 Å². The molecule has 0 bridgehead atoms. The smallest absolute Gasteiger partial charge is 0.251 e. The van der Waals surface area contributed by atoms with Crippen LogP contribution in [0.1, 0.15) is 23.7 Å². The summed E-state index contributed by atoms with van der Waals surface area (Å²) < 4.78 is 12.8. The maximum atomic E-state index is 12.8. The molecule has 0 radical (unpaired) electrons. The van der Waals surface area contributed by atoms with E-state index < -0.39 is 5.82 Å². The minimum Gasteiger partial charge on any atom is -0.352 e. The van der Waals surface area contributed by atoms with Crippen molar-refractivity contribution in [3.63, 3.8) is 0 Å². The molecule has 0 aliphatic carbocycles. The number of carbonyl (C=O) groups is 1. The summed E-state index contributed by atoms with van der Waals surface area (Å²) in [5.41, 5.74) is 5.88. The van der Waals surface area contributed by atoms with E-state index in [4.69, 9.17) is 17.3 Å². The SMILES string of the molecule is CC(N)CCNC(=O)c1ccc(F)c(Cl)c1. The van der Waals surface area contributed by atoms with Gasteiger partial charge >= 0.3 is 0 Å². The van der Waals surface area contributed by atoms with Crippen molar-refractivity contribution in [3.05, 3.63) is 34.6 Å². The molecule has 1 rings (SSSR count). The molecule has 1 atom stereocenters. The van der Waals surface area contributed by atoms with Crippen LogP contribution in [0, 0.1) is 5.82 Å². The van der Waals surface area contributed by atoms with Gasteiger partial charge in [0.15, 0.2) is 0 Å². The topological polar surface area (TPSA) is 55.1 Å². The van der Waals surface area contributed by atoms with Gasteiger partial charge in [-0.2, -0.15) is 0 Å². The van der Waals surface area contributed by atoms with Crippen LogP contribution in [0.5, 0.6) is 0 Å². The molecular formula is C11H14ClFN2O. The van der Waals surface area contributed by atoms with Gasteiger partial charge in [-0.3, -0.25) is 4.79 Å². The lowest BCUT2D eigenvalue weighted by Crippen LogP contribution is -2.28. The lowest BCUT2D eigenvalue weighted by molar-refractivity contribution is 0.0953. The molecule has 0 heterocycles. The Kier molecular flexibility index (Phi) is 4.71. The van der Waals surface area contributed by atoms with Gasteiger partial charge in [0.25, 0.3) is 5.91 Å². The van der Waals surface area contributed by atoms with Crippen LogP contribution in [-0.2, 0) is 0 Å². The van der Waals surface area contributed by atoms with Gasteiger partial charge in [0.05, 0.1) is 5.02 Å². The highest BCUT2D eigenvalue weighted by molar-refractivity contribution is 6.31. The summed E-state index contributed by atoms with van der Waals surface area (Å²) in [5.74, 6) is -0.809. The highest BCUT2D eigenvalue weighted by Crippen LogP contribution is 2.15. The molecule has 0 fully saturated rings. The summed E-state index contributed by atoms with van der Waals surface area (Å²) >= 11 is 5.57. The van der Waals surface area contributed by atoms with Crippen LogP contribution in [-0.4, -0.2) is 18.5 Å². The fraction of sp³-hybridized carbons (Fsp3) is 0.364. The first-order chi connectivity index (χ1) is 7.50. The van der Waals surface area contributed by atoms with Gasteiger partial charge in [-0.1, -0.05) is 11.6 Å². The maximum absolute atomic E-state index is 12.8. The molecule has 1 aromatic rings. The third-order valence-corrected chi connectivity index (χ3v) is 2.36. The van der Waals surface area contributed by atoms with E-state index in [1.807, 2.05) is 6.92 Å². The highest BCUT2D eigenvalue weighted by atomic mass is 35.5. The lowest BCUT2D eigenvalue weighted by Gasteiger charge is -2.07. The van der Waals surface area contributed by atoms with Crippen LogP contribution in [0.15, 0.2) is 18.2 Å². The zero-order valence-electron chi connectivity index (χ0n) is 8.97. The number of halogens is 2. The minimum atomic E-state index is -0.534. The van der Waals surface area contributed by atoms with Crippen molar-refractivity contribution in [2.24, 2.45) is 5.73 Å². The van der Waals surface area contributed by atoms with E-state index in [9.17, 15) is 9.18 Å². The Morgan fingerprint density at radius 3 is 2.88 bits per heavy atom. The molecule has 0 aliphatic heterocycles. The number of amides is 1. The molecule has 3 nitrogen and oxygen atoms in total. The van der Waals surface area contributed by atoms with Crippen molar-refractivity contribution in [1.29, 1.82) is 0 Å². The summed E-state index contributed by atoms with van der Waals surface area (Å²) in [6.45, 7) is 2.35. The maximum Gasteiger partial charge on any atom is 0.251 e. The number of nitrogens with two attached hydrogens (primary N) is 1. The lowest BCUT2D eigenvalue weighted by atomic mass is 10.2. The molecule has 3 N–H and O–H groups in total. The predicted octanol–water partition coefficient (Wildman–Crippen LogP) is 1.95. The average Bonchev–Trinajstić information content (AvgIpc) is 2.21. The number of hydrogen-bond donors (Lipinski definition) is 2. The zero-order chi connectivity index (χ0) is 12.1. The van der Waals surface area contributed by atoms with Gasteiger partial charge in [-0.15, -0.1) is 0 Å². The second-order valence-corrected chi connectivity index (χ2v) is 4.06. The standard InChI is InChI=1S/C11H14ClFN2O/c1-7(14)4-5-15-11(16)8-2-3-10(13)9(12)6-8/h2-3,6-7H,4-5,14H2,1H3,(H,15,16). The molecule has 1 unspecified atom stereocenters. The van der Waals surface area contributed by atoms with Gasteiger partial charge in [0.2, 0.25) is 0 Å². The van der Waals surface area contributed by atoms with E-state index in [0.29, 0.717) is 18.5 Å². The zero-order valence-corrected chi connectivity index (χ0v) is 9.72. The number of rotatable bonds is 4. The van der Waals surface area contributed by atoms with Crippen molar-refractivity contribution >= 4 is 17.5 Å². The quantitative estimate of drug-likeness (QED) is 0.851. The summed E-state index contributed by atoms with van der Waals surface area (Å²) in [6.07, 6.45) is 0.695. The Bertz CT molecular complexity index is 382. The van der Waals surface area contributed by atoms with Gasteiger partial charge < -0.3 is 11.1 Å². The summed E-state index contributed by atoms with van der Waals surface area (Å²) in [6, 6.07) is 3.90. The monoisotopic (exact) mass is 244 g/mol. The van der Waals surface area contributed by atoms with Crippen LogP contribution in [0.4, 0.5) is 4.39 Å². The van der Waals surface area contributed by atoms with E-state index in [-0.39, 0.29) is 17.0 Å². The Balaban J connectivity index is 2.56. The van der Waals surface area contributed by atoms with E-state index in [1.54, 1.807) is 0 Å². The Labute approximate surface area is 98.8 Å². The first kappa shape index (κ1) is 12.9. The predicted molar refractivity (Wildman–Crippen MR) is 62.0 cm³/mol. The molecule has 1 amide bonds. The molecule has 16 heavy (non-hydrogen) atoms. The molecule has 5 heteroatoms. The Morgan fingerprint density at radius 2 is 2.31 bits per heavy atom. The highest BCUT2D eigenvalue weighted by Gasteiger charge is 2.08. The summed E-state index contributed by atoms with van der Waals surface area (Å²) in [4.78, 5) is 11.6. The van der Waals surface area contributed by atoms with E-state index >= 15 is 0 Å². The summed E-state index contributed by atoms with van der Waals surface area (Å²) in [5, 5.41) is 2.62. The fourth-order valence-corrected chi connectivity index (χ4v) is 1.33. The molecule has 88 valence electrons. The second kappa shape index (κ2) is 5.82. The minimum absolute atomic E-state index is 0.0390. The van der Waals surface area contributed by atoms with Crippen molar-refractivity contribution in [2.75, 3.05) is 6.54 Å². The van der Waals surface area contributed by atoms with E-state index in [2.05, 4.69) is 5.32 Å². The van der Waals surface area contributed by atoms with Crippen molar-refractivity contribution < 1.29 is 9.18 Å². The number of hydrogen-bond acceptors (Lipinski definition) is 2. The first-order valence-corrected chi connectivity index (χ1v) is 5.37. The van der Waals surface area contributed by atoms with E-state index in [0.717, 1.165) is 0 Å². The number of carbonyl (C=O) groups excluding carboxylic acids is 1. The molecule has 0 aliphatic rings. The van der Waals surface area contributed by atoms with Crippen LogP contribution in [0.3, 0.4) is 0 Å². The van der Waals surface area contributed by atoms with Crippen LogP contribution in [0.2, 0.25) is 5.02 Å². The van der Waals surface area contributed by atoms with Gasteiger partial charge in [-0.05, 0) is 31.5 Å². The molecule has 0 spiro atoms. The molecular weight excluding hydrogens is 231 g/mol. The normalized spacial score (nSPS) is 12.2. The second-order valence-electron chi connectivity index (χ2n) is 3.65. The van der Waals surface area contributed by atoms with Crippen LogP contribution < -0.4 is 11.1 Å². The average molecular weight is 245 g/mol. The number of benzene rings is 1. The van der Waals surface area contributed by atoms with E-state index in [1.165, 1.54) is 18.2 Å². The molecule has 0 aromatic heterocycles. The fourth-order valence-electron chi connectivity index (χ4n) is 1.15. The van der Waals surface area contributed by atoms with Gasteiger partial charge in [0.1, 0.15) is 5.82 Å². The van der Waals surface area contributed by atoms with Gasteiger partial charge in [0, 0.05) is 18.2 Å². The van der Waals surface area contributed by atoms with Crippen LogP contribution >= 0.6 is 11.6 Å². The van der Waals surface area contributed by atoms with Crippen molar-refractivity contribution in [2.45, 2.75) is 19.4 Å². The Hall–Kier alpha value is -1.13. The third-order valence-electron chi connectivity index (χ3n) is 2.07. The number of nitrogens with one attached hydrogen (secondary N) is 1. The molecule has 0 saturated carbocycles.